The summed E-state index contributed by atoms with van der Waals surface area (Å²) >= 11 is 12.3. The van der Waals surface area contributed by atoms with Crippen LogP contribution in [0, 0.1) is 0 Å². The maximum absolute atomic E-state index is 11.1. The highest BCUT2D eigenvalue weighted by Gasteiger charge is 2.16. The van der Waals surface area contributed by atoms with Crippen LogP contribution >= 0.6 is 35.6 Å². The zero-order valence-corrected chi connectivity index (χ0v) is 17.9. The molecular weight excluding hydrogens is 435 g/mol. The van der Waals surface area contributed by atoms with Gasteiger partial charge >= 0.3 is 5.97 Å². The molecule has 3 rings (SSSR count). The second-order valence-electron chi connectivity index (χ2n) is 6.38. The summed E-state index contributed by atoms with van der Waals surface area (Å²) in [5.74, 6) is -0.860. The SMILES string of the molecule is Cl.O=C(O)C1=CCCN(CCON=Cc2ccccc2-c2ccc(Cl)cc2Cl)C1. The van der Waals surface area contributed by atoms with Crippen LogP contribution in [0.15, 0.2) is 59.3 Å². The molecular formula is C21H21Cl3N2O3. The fourth-order valence-corrected chi connectivity index (χ4v) is 3.54. The Morgan fingerprint density at radius 2 is 2.00 bits per heavy atom. The Bertz CT molecular complexity index is 916. The average Bonchev–Trinajstić information content (AvgIpc) is 2.68. The zero-order valence-electron chi connectivity index (χ0n) is 15.6. The molecule has 0 bridgehead atoms. The van der Waals surface area contributed by atoms with Gasteiger partial charge in [0.15, 0.2) is 0 Å². The van der Waals surface area contributed by atoms with Gasteiger partial charge in [0.05, 0.1) is 6.21 Å². The lowest BCUT2D eigenvalue weighted by atomic mass is 10.0. The van der Waals surface area contributed by atoms with Gasteiger partial charge in [-0.2, -0.15) is 0 Å². The molecule has 1 N–H and O–H groups in total. The molecule has 2 aromatic carbocycles. The summed E-state index contributed by atoms with van der Waals surface area (Å²) in [5, 5.41) is 14.3. The van der Waals surface area contributed by atoms with Crippen molar-refractivity contribution in [3.63, 3.8) is 0 Å². The Kier molecular flexibility index (Phi) is 8.99. The van der Waals surface area contributed by atoms with Gasteiger partial charge < -0.3 is 9.94 Å². The highest BCUT2D eigenvalue weighted by atomic mass is 35.5. The molecule has 0 unspecified atom stereocenters. The normalized spacial score (nSPS) is 14.3. The van der Waals surface area contributed by atoms with E-state index in [2.05, 4.69) is 5.16 Å². The van der Waals surface area contributed by atoms with E-state index in [4.69, 9.17) is 33.1 Å². The maximum Gasteiger partial charge on any atom is 0.332 e. The van der Waals surface area contributed by atoms with Crippen LogP contribution in [0.1, 0.15) is 12.0 Å². The Labute approximate surface area is 186 Å². The first kappa shape index (κ1) is 23.2. The van der Waals surface area contributed by atoms with E-state index in [9.17, 15) is 4.79 Å². The lowest BCUT2D eigenvalue weighted by Crippen LogP contribution is -2.34. The molecule has 29 heavy (non-hydrogen) atoms. The largest absolute Gasteiger partial charge is 0.478 e. The molecule has 1 aliphatic heterocycles. The van der Waals surface area contributed by atoms with Crippen LogP contribution in [-0.4, -0.2) is 48.4 Å². The minimum absolute atomic E-state index is 0. The summed E-state index contributed by atoms with van der Waals surface area (Å²) in [6, 6.07) is 13.1. The number of nitrogens with zero attached hydrogens (tertiary/aromatic N) is 2. The first-order valence-corrected chi connectivity index (χ1v) is 9.64. The predicted octanol–water partition coefficient (Wildman–Crippen LogP) is 5.15. The standard InChI is InChI=1S/C21H20Cl2N2O3.ClH/c22-17-7-8-19(20(23)12-17)18-6-2-1-4-15(18)13-24-28-11-10-25-9-3-5-16(14-25)21(26)27;/h1-2,4-8,12-13H,3,9-11,14H2,(H,26,27);1H. The van der Waals surface area contributed by atoms with Crippen LogP contribution in [0.2, 0.25) is 10.0 Å². The van der Waals surface area contributed by atoms with Crippen LogP contribution in [0.3, 0.4) is 0 Å². The highest BCUT2D eigenvalue weighted by molar-refractivity contribution is 6.36. The van der Waals surface area contributed by atoms with Gasteiger partial charge in [-0.25, -0.2) is 4.79 Å². The van der Waals surface area contributed by atoms with Crippen LogP contribution in [0.25, 0.3) is 11.1 Å². The number of hydrogen-bond acceptors (Lipinski definition) is 4. The number of carboxylic acids is 1. The van der Waals surface area contributed by atoms with Gasteiger partial charge in [-0.1, -0.05) is 64.8 Å². The number of rotatable bonds is 7. The molecule has 0 saturated heterocycles. The molecule has 0 fully saturated rings. The van der Waals surface area contributed by atoms with Gasteiger partial charge in [-0.05, 0) is 24.1 Å². The van der Waals surface area contributed by atoms with E-state index in [1.54, 1.807) is 24.4 Å². The molecule has 0 saturated carbocycles. The third-order valence-corrected chi connectivity index (χ3v) is 5.00. The maximum atomic E-state index is 11.1. The summed E-state index contributed by atoms with van der Waals surface area (Å²) in [7, 11) is 0. The third-order valence-electron chi connectivity index (χ3n) is 4.45. The van der Waals surface area contributed by atoms with Crippen molar-refractivity contribution in [1.82, 2.24) is 4.90 Å². The van der Waals surface area contributed by atoms with Crippen molar-refractivity contribution >= 4 is 47.8 Å². The minimum Gasteiger partial charge on any atom is -0.478 e. The first-order valence-electron chi connectivity index (χ1n) is 8.89. The Morgan fingerprint density at radius 3 is 2.76 bits per heavy atom. The van der Waals surface area contributed by atoms with Crippen LogP contribution < -0.4 is 0 Å². The number of halogens is 3. The molecule has 1 heterocycles. The van der Waals surface area contributed by atoms with E-state index in [1.165, 1.54) is 0 Å². The topological polar surface area (TPSA) is 62.1 Å². The van der Waals surface area contributed by atoms with Crippen molar-refractivity contribution in [2.45, 2.75) is 6.42 Å². The minimum atomic E-state index is -0.860. The number of oxime groups is 1. The fourth-order valence-electron chi connectivity index (χ4n) is 3.03. The quantitative estimate of drug-likeness (QED) is 0.356. The molecule has 0 aromatic heterocycles. The van der Waals surface area contributed by atoms with Crippen molar-refractivity contribution in [3.8, 4) is 11.1 Å². The van der Waals surface area contributed by atoms with E-state index in [0.717, 1.165) is 29.7 Å². The molecule has 154 valence electrons. The van der Waals surface area contributed by atoms with Gasteiger partial charge in [0.2, 0.25) is 0 Å². The molecule has 8 heteroatoms. The smallest absolute Gasteiger partial charge is 0.332 e. The molecule has 0 spiro atoms. The summed E-state index contributed by atoms with van der Waals surface area (Å²) in [5.41, 5.74) is 3.11. The number of carbonyl (C=O) groups is 1. The summed E-state index contributed by atoms with van der Waals surface area (Å²) < 4.78 is 0. The Morgan fingerprint density at radius 1 is 1.21 bits per heavy atom. The van der Waals surface area contributed by atoms with E-state index in [0.29, 0.717) is 35.3 Å². The first-order chi connectivity index (χ1) is 13.5. The summed E-state index contributed by atoms with van der Waals surface area (Å²) in [6.45, 7) is 2.25. The fraction of sp³-hybridized carbons (Fsp3) is 0.238. The highest BCUT2D eigenvalue weighted by Crippen LogP contribution is 2.31. The number of benzene rings is 2. The van der Waals surface area contributed by atoms with Gasteiger partial charge in [0.25, 0.3) is 0 Å². The predicted molar refractivity (Wildman–Crippen MR) is 119 cm³/mol. The van der Waals surface area contributed by atoms with Crippen LogP contribution in [0.4, 0.5) is 0 Å². The van der Waals surface area contributed by atoms with Gasteiger partial charge in [0.1, 0.15) is 6.61 Å². The molecule has 0 radical (unpaired) electrons. The second kappa shape index (κ2) is 11.2. The molecule has 5 nitrogen and oxygen atoms in total. The van der Waals surface area contributed by atoms with Gasteiger partial charge in [-0.3, -0.25) is 4.90 Å². The van der Waals surface area contributed by atoms with E-state index in [-0.39, 0.29) is 12.4 Å². The Balaban J connectivity index is 0.00000300. The van der Waals surface area contributed by atoms with Gasteiger partial charge in [-0.15, -0.1) is 12.4 Å². The van der Waals surface area contributed by atoms with E-state index < -0.39 is 5.97 Å². The Hall–Kier alpha value is -2.05. The molecule has 1 aliphatic rings. The van der Waals surface area contributed by atoms with E-state index >= 15 is 0 Å². The number of aliphatic carboxylic acids is 1. The number of hydrogen-bond donors (Lipinski definition) is 1. The van der Waals surface area contributed by atoms with E-state index in [1.807, 2.05) is 35.2 Å². The van der Waals surface area contributed by atoms with Crippen molar-refractivity contribution < 1.29 is 14.7 Å². The van der Waals surface area contributed by atoms with Crippen molar-refractivity contribution in [2.24, 2.45) is 5.16 Å². The summed E-state index contributed by atoms with van der Waals surface area (Å²) in [4.78, 5) is 18.5. The molecule has 2 aromatic rings. The molecule has 0 atom stereocenters. The van der Waals surface area contributed by atoms with Crippen molar-refractivity contribution in [1.29, 1.82) is 0 Å². The summed E-state index contributed by atoms with van der Waals surface area (Å²) in [6.07, 6.45) is 4.16. The third kappa shape index (κ3) is 6.47. The van der Waals surface area contributed by atoms with Crippen molar-refractivity contribution in [2.75, 3.05) is 26.2 Å². The molecule has 0 aliphatic carbocycles. The van der Waals surface area contributed by atoms with Crippen molar-refractivity contribution in [3.05, 3.63) is 69.7 Å². The average molecular weight is 456 g/mol. The lowest BCUT2D eigenvalue weighted by molar-refractivity contribution is -0.133. The molecule has 0 amide bonds. The monoisotopic (exact) mass is 454 g/mol. The van der Waals surface area contributed by atoms with Crippen LogP contribution in [-0.2, 0) is 9.63 Å². The lowest BCUT2D eigenvalue weighted by Gasteiger charge is -2.24. The van der Waals surface area contributed by atoms with Crippen LogP contribution in [0.5, 0.6) is 0 Å². The zero-order chi connectivity index (χ0) is 19.9. The van der Waals surface area contributed by atoms with Gasteiger partial charge in [0, 0.05) is 46.4 Å². The number of carboxylic acid groups (broad SMARTS) is 1. The second-order valence-corrected chi connectivity index (χ2v) is 7.22.